The van der Waals surface area contributed by atoms with Gasteiger partial charge in [-0.3, -0.25) is 9.36 Å². The molecule has 0 aliphatic rings. The van der Waals surface area contributed by atoms with E-state index >= 15 is 0 Å². The van der Waals surface area contributed by atoms with Gasteiger partial charge in [-0.25, -0.2) is 4.98 Å². The molecule has 0 aliphatic carbocycles. The van der Waals surface area contributed by atoms with Crippen molar-refractivity contribution in [1.29, 1.82) is 0 Å². The normalized spacial score (nSPS) is 12.3. The third kappa shape index (κ3) is 4.13. The van der Waals surface area contributed by atoms with Crippen LogP contribution in [0.15, 0.2) is 47.3 Å². The van der Waals surface area contributed by atoms with Crippen LogP contribution in [0.4, 0.5) is 0 Å². The molecule has 142 valence electrons. The Bertz CT molecular complexity index is 986. The maximum Gasteiger partial charge on any atom is 0.266 e. The molecule has 0 radical (unpaired) electrons. The summed E-state index contributed by atoms with van der Waals surface area (Å²) in [5.74, 6) is 1.33. The second kappa shape index (κ2) is 8.52. The van der Waals surface area contributed by atoms with Gasteiger partial charge in [0.15, 0.2) is 0 Å². The fraction of sp³-hybridized carbons (Fsp3) is 0.300. The summed E-state index contributed by atoms with van der Waals surface area (Å²) in [6, 6.07) is 12.3. The highest BCUT2D eigenvalue weighted by atomic mass is 35.5. The maximum absolute atomic E-state index is 13.2. The van der Waals surface area contributed by atoms with Crippen LogP contribution in [-0.4, -0.2) is 36.9 Å². The maximum atomic E-state index is 13.2. The van der Waals surface area contributed by atoms with Crippen LogP contribution in [0.5, 0.6) is 5.75 Å². The Morgan fingerprint density at radius 1 is 1.19 bits per heavy atom. The van der Waals surface area contributed by atoms with Gasteiger partial charge in [0, 0.05) is 18.7 Å². The molecule has 6 nitrogen and oxygen atoms in total. The number of ether oxygens (including phenoxy) is 2. The Labute approximate surface area is 162 Å². The number of nitrogens with one attached hydrogen (secondary N) is 1. The average molecular weight is 388 g/mol. The molecule has 1 atom stereocenters. The smallest absolute Gasteiger partial charge is 0.266 e. The van der Waals surface area contributed by atoms with E-state index in [0.29, 0.717) is 34.9 Å². The summed E-state index contributed by atoms with van der Waals surface area (Å²) in [4.78, 5) is 18.0. The quantitative estimate of drug-likeness (QED) is 0.630. The van der Waals surface area contributed by atoms with Gasteiger partial charge in [0.25, 0.3) is 5.56 Å². The summed E-state index contributed by atoms with van der Waals surface area (Å²) in [5.41, 5.74) is 1.16. The van der Waals surface area contributed by atoms with E-state index in [2.05, 4.69) is 5.32 Å². The standard InChI is InChI=1S/C20H22ClN3O3/c1-13(22-10-11-26-2)19-23-18-12-14(21)4-9-17(18)20(25)24(19)15-5-7-16(27-3)8-6-15/h4-9,12-13,22H,10-11H2,1-3H3/t13-/m0/s1. The molecule has 0 saturated heterocycles. The van der Waals surface area contributed by atoms with E-state index in [4.69, 9.17) is 26.1 Å². The highest BCUT2D eigenvalue weighted by Gasteiger charge is 2.18. The molecular weight excluding hydrogens is 366 g/mol. The van der Waals surface area contributed by atoms with Crippen molar-refractivity contribution in [3.05, 3.63) is 63.7 Å². The first-order valence-electron chi connectivity index (χ1n) is 8.64. The number of halogens is 1. The Morgan fingerprint density at radius 2 is 1.93 bits per heavy atom. The molecule has 0 spiro atoms. The van der Waals surface area contributed by atoms with Gasteiger partial charge in [-0.2, -0.15) is 0 Å². The highest BCUT2D eigenvalue weighted by molar-refractivity contribution is 6.31. The molecular formula is C20H22ClN3O3. The number of hydrogen-bond donors (Lipinski definition) is 1. The van der Waals surface area contributed by atoms with Crippen LogP contribution in [0.1, 0.15) is 18.8 Å². The van der Waals surface area contributed by atoms with Crippen LogP contribution in [0, 0.1) is 0 Å². The molecule has 0 bridgehead atoms. The molecule has 0 saturated carbocycles. The third-order valence-electron chi connectivity index (χ3n) is 4.33. The first-order chi connectivity index (χ1) is 13.0. The lowest BCUT2D eigenvalue weighted by molar-refractivity contribution is 0.196. The van der Waals surface area contributed by atoms with Gasteiger partial charge < -0.3 is 14.8 Å². The summed E-state index contributed by atoms with van der Waals surface area (Å²) in [6.07, 6.45) is 0. The summed E-state index contributed by atoms with van der Waals surface area (Å²) >= 11 is 6.10. The zero-order valence-corrected chi connectivity index (χ0v) is 16.3. The van der Waals surface area contributed by atoms with Crippen LogP contribution in [-0.2, 0) is 4.74 Å². The Kier molecular flexibility index (Phi) is 6.11. The SMILES string of the molecule is COCCN[C@@H](C)c1nc2cc(Cl)ccc2c(=O)n1-c1ccc(OC)cc1. The second-order valence-corrected chi connectivity index (χ2v) is 6.58. The minimum absolute atomic E-state index is 0.141. The van der Waals surface area contributed by atoms with E-state index in [0.717, 1.165) is 11.4 Å². The van der Waals surface area contributed by atoms with Crippen molar-refractivity contribution in [1.82, 2.24) is 14.9 Å². The van der Waals surface area contributed by atoms with E-state index in [-0.39, 0.29) is 11.6 Å². The lowest BCUT2D eigenvalue weighted by Crippen LogP contribution is -2.31. The van der Waals surface area contributed by atoms with Crippen molar-refractivity contribution in [2.45, 2.75) is 13.0 Å². The first-order valence-corrected chi connectivity index (χ1v) is 9.02. The molecule has 3 aromatic rings. The highest BCUT2D eigenvalue weighted by Crippen LogP contribution is 2.22. The van der Waals surface area contributed by atoms with Crippen molar-refractivity contribution in [2.75, 3.05) is 27.4 Å². The van der Waals surface area contributed by atoms with Crippen molar-refractivity contribution in [2.24, 2.45) is 0 Å². The monoisotopic (exact) mass is 387 g/mol. The number of methoxy groups -OCH3 is 2. The minimum Gasteiger partial charge on any atom is -0.497 e. The van der Waals surface area contributed by atoms with Gasteiger partial charge >= 0.3 is 0 Å². The summed E-state index contributed by atoms with van der Waals surface area (Å²) < 4.78 is 11.9. The van der Waals surface area contributed by atoms with Gasteiger partial charge in [0.2, 0.25) is 0 Å². The van der Waals surface area contributed by atoms with Crippen molar-refractivity contribution in [3.8, 4) is 11.4 Å². The topological polar surface area (TPSA) is 65.4 Å². The van der Waals surface area contributed by atoms with Gasteiger partial charge in [-0.15, -0.1) is 0 Å². The third-order valence-corrected chi connectivity index (χ3v) is 4.57. The Morgan fingerprint density at radius 3 is 2.59 bits per heavy atom. The van der Waals surface area contributed by atoms with E-state index in [1.807, 2.05) is 31.2 Å². The van der Waals surface area contributed by atoms with Gasteiger partial charge in [0.05, 0.1) is 36.3 Å². The summed E-state index contributed by atoms with van der Waals surface area (Å²) in [6.45, 7) is 3.17. The number of fused-ring (bicyclic) bond motifs is 1. The molecule has 0 fully saturated rings. The van der Waals surface area contributed by atoms with Gasteiger partial charge in [-0.05, 0) is 49.4 Å². The Balaban J connectivity index is 2.18. The largest absolute Gasteiger partial charge is 0.497 e. The molecule has 2 aromatic carbocycles. The van der Waals surface area contributed by atoms with Crippen molar-refractivity contribution >= 4 is 22.5 Å². The lowest BCUT2D eigenvalue weighted by atomic mass is 10.2. The number of benzene rings is 2. The minimum atomic E-state index is -0.168. The second-order valence-electron chi connectivity index (χ2n) is 6.14. The zero-order chi connectivity index (χ0) is 19.4. The van der Waals surface area contributed by atoms with E-state index in [1.54, 1.807) is 37.0 Å². The van der Waals surface area contributed by atoms with Crippen molar-refractivity contribution in [3.63, 3.8) is 0 Å². The molecule has 7 heteroatoms. The van der Waals surface area contributed by atoms with E-state index in [9.17, 15) is 4.79 Å². The fourth-order valence-corrected chi connectivity index (χ4v) is 3.08. The van der Waals surface area contributed by atoms with Crippen LogP contribution in [0.3, 0.4) is 0 Å². The molecule has 0 amide bonds. The summed E-state index contributed by atoms with van der Waals surface area (Å²) in [5, 5.41) is 4.39. The van der Waals surface area contributed by atoms with Crippen LogP contribution < -0.4 is 15.6 Å². The van der Waals surface area contributed by atoms with Crippen LogP contribution in [0.25, 0.3) is 16.6 Å². The predicted molar refractivity (Wildman–Crippen MR) is 107 cm³/mol. The number of rotatable bonds is 7. The molecule has 3 rings (SSSR count). The lowest BCUT2D eigenvalue weighted by Gasteiger charge is -2.20. The molecule has 1 N–H and O–H groups in total. The number of hydrogen-bond acceptors (Lipinski definition) is 5. The summed E-state index contributed by atoms with van der Waals surface area (Å²) in [7, 11) is 3.26. The Hall–Kier alpha value is -2.41. The van der Waals surface area contributed by atoms with E-state index in [1.165, 1.54) is 0 Å². The number of nitrogens with zero attached hydrogens (tertiary/aromatic N) is 2. The first kappa shape index (κ1) is 19.4. The predicted octanol–water partition coefficient (Wildman–Crippen LogP) is 3.34. The van der Waals surface area contributed by atoms with E-state index < -0.39 is 0 Å². The van der Waals surface area contributed by atoms with Crippen molar-refractivity contribution < 1.29 is 9.47 Å². The molecule has 1 aromatic heterocycles. The van der Waals surface area contributed by atoms with Gasteiger partial charge in [-0.1, -0.05) is 11.6 Å². The van der Waals surface area contributed by atoms with Crippen LogP contribution in [0.2, 0.25) is 5.02 Å². The van der Waals surface area contributed by atoms with Crippen LogP contribution >= 0.6 is 11.6 Å². The molecule has 0 unspecified atom stereocenters. The van der Waals surface area contributed by atoms with Gasteiger partial charge in [0.1, 0.15) is 11.6 Å². The molecule has 27 heavy (non-hydrogen) atoms. The zero-order valence-electron chi connectivity index (χ0n) is 15.5. The fourth-order valence-electron chi connectivity index (χ4n) is 2.92. The number of aromatic nitrogens is 2. The molecule has 1 heterocycles. The molecule has 0 aliphatic heterocycles. The average Bonchev–Trinajstić information content (AvgIpc) is 2.68.